The van der Waals surface area contributed by atoms with E-state index in [9.17, 15) is 13.2 Å². The van der Waals surface area contributed by atoms with E-state index in [1.165, 1.54) is 4.31 Å². The van der Waals surface area contributed by atoms with Crippen LogP contribution in [0.4, 0.5) is 0 Å². The molecule has 0 spiro atoms. The van der Waals surface area contributed by atoms with Crippen molar-refractivity contribution in [1.29, 1.82) is 0 Å². The van der Waals surface area contributed by atoms with Crippen molar-refractivity contribution in [3.05, 3.63) is 12.7 Å². The van der Waals surface area contributed by atoms with Gasteiger partial charge in [0.2, 0.25) is 5.91 Å². The van der Waals surface area contributed by atoms with E-state index in [1.54, 1.807) is 11.0 Å². The number of amides is 1. The van der Waals surface area contributed by atoms with Crippen molar-refractivity contribution >= 4 is 16.1 Å². The van der Waals surface area contributed by atoms with Crippen LogP contribution < -0.4 is 5.14 Å². The third-order valence-electron chi connectivity index (χ3n) is 2.51. The lowest BCUT2D eigenvalue weighted by molar-refractivity contribution is -0.132. The zero-order chi connectivity index (χ0) is 12.2. The Labute approximate surface area is 95.9 Å². The Kier molecular flexibility index (Phi) is 4.45. The minimum Gasteiger partial charge on any atom is -0.340 e. The lowest BCUT2D eigenvalue weighted by atomic mass is 10.2. The molecule has 0 aromatic heterocycles. The minimum absolute atomic E-state index is 0.0361. The standard InChI is InChI=1S/C9H17N3O3S/c1-2-3-4-9(13)11-5-7-12(8-6-11)16(10,14)15/h2H,1,3-8H2,(H2,10,14,15). The maximum absolute atomic E-state index is 11.6. The van der Waals surface area contributed by atoms with Crippen LogP contribution in [0.5, 0.6) is 0 Å². The van der Waals surface area contributed by atoms with Gasteiger partial charge in [0.05, 0.1) is 0 Å². The van der Waals surface area contributed by atoms with Crippen molar-refractivity contribution in [1.82, 2.24) is 9.21 Å². The summed E-state index contributed by atoms with van der Waals surface area (Å²) in [6.07, 6.45) is 2.77. The molecule has 0 bridgehead atoms. The first kappa shape index (κ1) is 13.1. The molecule has 16 heavy (non-hydrogen) atoms. The molecule has 0 saturated carbocycles. The molecule has 2 N–H and O–H groups in total. The molecule has 0 unspecified atom stereocenters. The quantitative estimate of drug-likeness (QED) is 0.667. The number of allylic oxidation sites excluding steroid dienone is 1. The van der Waals surface area contributed by atoms with Crippen LogP contribution in [-0.4, -0.2) is 49.7 Å². The second-order valence-corrected chi connectivity index (χ2v) is 5.20. The second-order valence-electron chi connectivity index (χ2n) is 3.65. The zero-order valence-electron chi connectivity index (χ0n) is 9.13. The molecule has 0 radical (unpaired) electrons. The van der Waals surface area contributed by atoms with Gasteiger partial charge in [0.15, 0.2) is 0 Å². The van der Waals surface area contributed by atoms with Crippen LogP contribution in [0.1, 0.15) is 12.8 Å². The molecule has 0 aliphatic carbocycles. The fraction of sp³-hybridized carbons (Fsp3) is 0.667. The predicted molar refractivity (Wildman–Crippen MR) is 60.7 cm³/mol. The molecule has 1 aliphatic heterocycles. The first-order chi connectivity index (χ1) is 7.45. The number of nitrogens with zero attached hydrogens (tertiary/aromatic N) is 2. The van der Waals surface area contributed by atoms with Gasteiger partial charge in [-0.1, -0.05) is 6.08 Å². The van der Waals surface area contributed by atoms with Crippen molar-refractivity contribution < 1.29 is 13.2 Å². The predicted octanol–water partition coefficient (Wildman–Crippen LogP) is -0.700. The van der Waals surface area contributed by atoms with E-state index in [0.717, 1.165) is 0 Å². The number of hydrogen-bond acceptors (Lipinski definition) is 3. The molecule has 7 heteroatoms. The van der Waals surface area contributed by atoms with Crippen LogP contribution >= 0.6 is 0 Å². The smallest absolute Gasteiger partial charge is 0.277 e. The van der Waals surface area contributed by atoms with Crippen molar-refractivity contribution in [2.24, 2.45) is 5.14 Å². The van der Waals surface area contributed by atoms with Crippen molar-refractivity contribution in [2.45, 2.75) is 12.8 Å². The average Bonchev–Trinajstić information content (AvgIpc) is 2.25. The number of nitrogens with two attached hydrogens (primary N) is 1. The van der Waals surface area contributed by atoms with Gasteiger partial charge >= 0.3 is 0 Å². The van der Waals surface area contributed by atoms with Crippen LogP contribution in [0.3, 0.4) is 0 Å². The summed E-state index contributed by atoms with van der Waals surface area (Å²) in [6, 6.07) is 0. The molecular weight excluding hydrogens is 230 g/mol. The third-order valence-corrected chi connectivity index (χ3v) is 3.60. The summed E-state index contributed by atoms with van der Waals surface area (Å²) in [5.41, 5.74) is 0. The topological polar surface area (TPSA) is 83.7 Å². The molecule has 1 saturated heterocycles. The maximum Gasteiger partial charge on any atom is 0.277 e. The fourth-order valence-corrected chi connectivity index (χ4v) is 2.25. The molecule has 1 aliphatic rings. The molecular formula is C9H17N3O3S. The highest BCUT2D eigenvalue weighted by Gasteiger charge is 2.25. The average molecular weight is 247 g/mol. The van der Waals surface area contributed by atoms with Crippen molar-refractivity contribution in [2.75, 3.05) is 26.2 Å². The Morgan fingerprint density at radius 3 is 2.31 bits per heavy atom. The van der Waals surface area contributed by atoms with Crippen LogP contribution in [0, 0.1) is 0 Å². The number of carbonyl (C=O) groups excluding carboxylic acids is 1. The summed E-state index contributed by atoms with van der Waals surface area (Å²) >= 11 is 0. The van der Waals surface area contributed by atoms with Gasteiger partial charge in [-0.15, -0.1) is 6.58 Å². The lowest BCUT2D eigenvalue weighted by Crippen LogP contribution is -2.52. The molecule has 0 atom stereocenters. The molecule has 92 valence electrons. The number of piperazine rings is 1. The second kappa shape index (κ2) is 5.42. The monoisotopic (exact) mass is 247 g/mol. The Morgan fingerprint density at radius 2 is 1.88 bits per heavy atom. The van der Waals surface area contributed by atoms with E-state index in [4.69, 9.17) is 5.14 Å². The van der Waals surface area contributed by atoms with Crippen molar-refractivity contribution in [3.63, 3.8) is 0 Å². The van der Waals surface area contributed by atoms with Crippen LogP contribution in [0.2, 0.25) is 0 Å². The Hall–Kier alpha value is -0.920. The minimum atomic E-state index is -3.61. The van der Waals surface area contributed by atoms with Crippen molar-refractivity contribution in [3.8, 4) is 0 Å². The lowest BCUT2D eigenvalue weighted by Gasteiger charge is -2.32. The summed E-state index contributed by atoms with van der Waals surface area (Å²) < 4.78 is 23.2. The highest BCUT2D eigenvalue weighted by molar-refractivity contribution is 7.86. The summed E-state index contributed by atoms with van der Waals surface area (Å²) in [5, 5.41) is 4.99. The Balaban J connectivity index is 2.43. The maximum atomic E-state index is 11.6. The first-order valence-electron chi connectivity index (χ1n) is 5.11. The van der Waals surface area contributed by atoms with Crippen LogP contribution in [-0.2, 0) is 15.0 Å². The Morgan fingerprint density at radius 1 is 1.31 bits per heavy atom. The van der Waals surface area contributed by atoms with Gasteiger partial charge < -0.3 is 4.90 Å². The van der Waals surface area contributed by atoms with E-state index in [2.05, 4.69) is 6.58 Å². The number of carbonyl (C=O) groups is 1. The SMILES string of the molecule is C=CCCC(=O)N1CCN(S(N)(=O)=O)CC1. The van der Waals surface area contributed by atoms with Crippen LogP contribution in [0.15, 0.2) is 12.7 Å². The van der Waals surface area contributed by atoms with Gasteiger partial charge in [0.25, 0.3) is 10.2 Å². The van der Waals surface area contributed by atoms with Crippen LogP contribution in [0.25, 0.3) is 0 Å². The summed E-state index contributed by atoms with van der Waals surface area (Å²) in [5.74, 6) is 0.0361. The molecule has 0 aromatic carbocycles. The van der Waals surface area contributed by atoms with E-state index in [0.29, 0.717) is 25.9 Å². The van der Waals surface area contributed by atoms with Gasteiger partial charge in [0.1, 0.15) is 0 Å². The highest BCUT2D eigenvalue weighted by Crippen LogP contribution is 2.07. The summed E-state index contributed by atoms with van der Waals surface area (Å²) in [4.78, 5) is 13.3. The molecule has 6 nitrogen and oxygen atoms in total. The molecule has 1 fully saturated rings. The number of hydrogen-bond donors (Lipinski definition) is 1. The molecule has 1 amide bonds. The van der Waals surface area contributed by atoms with Gasteiger partial charge in [-0.3, -0.25) is 4.79 Å². The van der Waals surface area contributed by atoms with Gasteiger partial charge in [-0.05, 0) is 6.42 Å². The normalized spacial score (nSPS) is 18.4. The zero-order valence-corrected chi connectivity index (χ0v) is 9.95. The first-order valence-corrected chi connectivity index (χ1v) is 6.62. The van der Waals surface area contributed by atoms with E-state index in [1.807, 2.05) is 0 Å². The highest BCUT2D eigenvalue weighted by atomic mass is 32.2. The third kappa shape index (κ3) is 3.58. The van der Waals surface area contributed by atoms with Gasteiger partial charge in [-0.2, -0.15) is 12.7 Å². The van der Waals surface area contributed by atoms with E-state index in [-0.39, 0.29) is 19.0 Å². The molecule has 1 heterocycles. The molecule has 0 aromatic rings. The van der Waals surface area contributed by atoms with E-state index < -0.39 is 10.2 Å². The van der Waals surface area contributed by atoms with Gasteiger partial charge in [0, 0.05) is 32.6 Å². The van der Waals surface area contributed by atoms with Gasteiger partial charge in [-0.25, -0.2) is 5.14 Å². The summed E-state index contributed by atoms with van der Waals surface area (Å²) in [7, 11) is -3.61. The summed E-state index contributed by atoms with van der Waals surface area (Å²) in [6.45, 7) is 4.92. The number of rotatable bonds is 4. The molecule has 1 rings (SSSR count). The Bertz CT molecular complexity index is 358. The largest absolute Gasteiger partial charge is 0.340 e. The fourth-order valence-electron chi connectivity index (χ4n) is 1.58. The van der Waals surface area contributed by atoms with E-state index >= 15 is 0 Å².